The molecule has 2 amide bonds. The number of carbonyl (C=O) groups is 2. The van der Waals surface area contributed by atoms with Crippen molar-refractivity contribution < 1.29 is 19.1 Å². The second-order valence-corrected chi connectivity index (χ2v) is 8.52. The van der Waals surface area contributed by atoms with Crippen molar-refractivity contribution in [1.29, 1.82) is 0 Å². The van der Waals surface area contributed by atoms with Gasteiger partial charge in [0, 0.05) is 37.3 Å². The Kier molecular flexibility index (Phi) is 4.65. The van der Waals surface area contributed by atoms with Crippen LogP contribution in [-0.2, 0) is 9.59 Å². The van der Waals surface area contributed by atoms with Crippen LogP contribution in [0.4, 0.5) is 5.69 Å². The van der Waals surface area contributed by atoms with Crippen molar-refractivity contribution in [3.05, 3.63) is 18.2 Å². The van der Waals surface area contributed by atoms with Crippen LogP contribution in [0.5, 0.6) is 11.5 Å². The molecular formula is C22H28N2O4. The van der Waals surface area contributed by atoms with E-state index in [1.165, 1.54) is 25.7 Å². The average molecular weight is 384 g/mol. The molecule has 2 atom stereocenters. The molecule has 6 heteroatoms. The number of benzene rings is 1. The zero-order valence-corrected chi connectivity index (χ0v) is 16.3. The first kappa shape index (κ1) is 17.8. The Hall–Kier alpha value is -2.24. The van der Waals surface area contributed by atoms with Gasteiger partial charge in [0.1, 0.15) is 13.2 Å². The Morgan fingerprint density at radius 1 is 1.00 bits per heavy atom. The van der Waals surface area contributed by atoms with Gasteiger partial charge in [0.2, 0.25) is 11.8 Å². The lowest BCUT2D eigenvalue weighted by molar-refractivity contribution is -0.137. The van der Waals surface area contributed by atoms with E-state index >= 15 is 0 Å². The van der Waals surface area contributed by atoms with E-state index in [0.29, 0.717) is 49.6 Å². The standard InChI is InChI=1S/C22H28N2O4/c25-21-12-16(22(26)23-9-3-6-18(23)15-4-1-2-5-15)14-24(21)17-7-8-19-20(13-17)28-11-10-27-19/h7-8,13,15-16,18H,1-6,9-12,14H2. The van der Waals surface area contributed by atoms with Gasteiger partial charge in [-0.2, -0.15) is 0 Å². The lowest BCUT2D eigenvalue weighted by Crippen LogP contribution is -2.43. The van der Waals surface area contributed by atoms with Gasteiger partial charge < -0.3 is 19.3 Å². The number of carbonyl (C=O) groups excluding carboxylic acids is 2. The summed E-state index contributed by atoms with van der Waals surface area (Å²) in [6, 6.07) is 5.99. The highest BCUT2D eigenvalue weighted by molar-refractivity contribution is 6.00. The first-order valence-electron chi connectivity index (χ1n) is 10.7. The number of fused-ring (bicyclic) bond motifs is 1. The highest BCUT2D eigenvalue weighted by Gasteiger charge is 2.42. The highest BCUT2D eigenvalue weighted by atomic mass is 16.6. The van der Waals surface area contributed by atoms with Crippen LogP contribution in [0.1, 0.15) is 44.9 Å². The van der Waals surface area contributed by atoms with Crippen LogP contribution in [-0.4, -0.2) is 49.1 Å². The van der Waals surface area contributed by atoms with Gasteiger partial charge in [0.05, 0.1) is 5.92 Å². The Bertz CT molecular complexity index is 774. The normalized spacial score (nSPS) is 27.6. The monoisotopic (exact) mass is 384 g/mol. The third kappa shape index (κ3) is 3.12. The molecule has 6 nitrogen and oxygen atoms in total. The van der Waals surface area contributed by atoms with E-state index in [-0.39, 0.29) is 17.7 Å². The molecule has 2 saturated heterocycles. The smallest absolute Gasteiger partial charge is 0.228 e. The summed E-state index contributed by atoms with van der Waals surface area (Å²) in [6.07, 6.45) is 7.62. The molecule has 0 radical (unpaired) electrons. The maximum atomic E-state index is 13.3. The Labute approximate surface area is 165 Å². The molecular weight excluding hydrogens is 356 g/mol. The number of nitrogens with zero attached hydrogens (tertiary/aromatic N) is 2. The molecule has 4 aliphatic rings. The summed E-state index contributed by atoms with van der Waals surface area (Å²) in [5.41, 5.74) is 0.790. The van der Waals surface area contributed by atoms with Gasteiger partial charge >= 0.3 is 0 Å². The molecule has 1 aromatic rings. The third-order valence-corrected chi connectivity index (χ3v) is 6.84. The van der Waals surface area contributed by atoms with Gasteiger partial charge in [-0.05, 0) is 43.7 Å². The SMILES string of the molecule is O=C1CC(C(=O)N2CCCC2C2CCCC2)CN1c1ccc2c(c1)OCCO2. The minimum atomic E-state index is -0.234. The fourth-order valence-electron chi connectivity index (χ4n) is 5.46. The Morgan fingerprint density at radius 3 is 2.61 bits per heavy atom. The lowest BCUT2D eigenvalue weighted by atomic mass is 9.95. The predicted molar refractivity (Wildman–Crippen MR) is 105 cm³/mol. The number of hydrogen-bond acceptors (Lipinski definition) is 4. The van der Waals surface area contributed by atoms with Crippen molar-refractivity contribution in [1.82, 2.24) is 4.90 Å². The van der Waals surface area contributed by atoms with Crippen LogP contribution < -0.4 is 14.4 Å². The third-order valence-electron chi connectivity index (χ3n) is 6.84. The van der Waals surface area contributed by atoms with Crippen molar-refractivity contribution in [3.63, 3.8) is 0 Å². The number of likely N-dealkylation sites (tertiary alicyclic amines) is 1. The first-order valence-corrected chi connectivity index (χ1v) is 10.7. The fraction of sp³-hybridized carbons (Fsp3) is 0.636. The van der Waals surface area contributed by atoms with E-state index in [2.05, 4.69) is 4.90 Å². The minimum absolute atomic E-state index is 0.0200. The van der Waals surface area contributed by atoms with Crippen molar-refractivity contribution in [3.8, 4) is 11.5 Å². The summed E-state index contributed by atoms with van der Waals surface area (Å²) >= 11 is 0. The zero-order chi connectivity index (χ0) is 19.1. The number of anilines is 1. The van der Waals surface area contributed by atoms with E-state index < -0.39 is 0 Å². The van der Waals surface area contributed by atoms with Gasteiger partial charge in [0.25, 0.3) is 0 Å². The first-order chi connectivity index (χ1) is 13.7. The number of ether oxygens (including phenoxy) is 2. The lowest BCUT2D eigenvalue weighted by Gasteiger charge is -2.31. The molecule has 1 saturated carbocycles. The molecule has 3 heterocycles. The van der Waals surface area contributed by atoms with E-state index in [1.807, 2.05) is 18.2 Å². The fourth-order valence-corrected chi connectivity index (χ4v) is 5.46. The van der Waals surface area contributed by atoms with Crippen molar-refractivity contribution >= 4 is 17.5 Å². The topological polar surface area (TPSA) is 59.1 Å². The molecule has 0 N–H and O–H groups in total. The van der Waals surface area contributed by atoms with E-state index in [9.17, 15) is 9.59 Å². The van der Waals surface area contributed by atoms with Crippen LogP contribution in [0.15, 0.2) is 18.2 Å². The number of amides is 2. The van der Waals surface area contributed by atoms with Crippen molar-refractivity contribution in [2.45, 2.75) is 51.0 Å². The highest BCUT2D eigenvalue weighted by Crippen LogP contribution is 2.39. The number of hydrogen-bond donors (Lipinski definition) is 0. The van der Waals surface area contributed by atoms with Crippen LogP contribution in [0.25, 0.3) is 0 Å². The quantitative estimate of drug-likeness (QED) is 0.804. The minimum Gasteiger partial charge on any atom is -0.486 e. The van der Waals surface area contributed by atoms with E-state index in [4.69, 9.17) is 9.47 Å². The Balaban J connectivity index is 1.30. The van der Waals surface area contributed by atoms with Crippen molar-refractivity contribution in [2.75, 3.05) is 31.2 Å². The summed E-state index contributed by atoms with van der Waals surface area (Å²) in [6.45, 7) is 2.38. The summed E-state index contributed by atoms with van der Waals surface area (Å²) < 4.78 is 11.2. The molecule has 1 aliphatic carbocycles. The van der Waals surface area contributed by atoms with Gasteiger partial charge in [-0.15, -0.1) is 0 Å². The van der Waals surface area contributed by atoms with Crippen molar-refractivity contribution in [2.24, 2.45) is 11.8 Å². The predicted octanol–water partition coefficient (Wildman–Crippen LogP) is 2.99. The average Bonchev–Trinajstić information content (AvgIpc) is 3.47. The van der Waals surface area contributed by atoms with E-state index in [1.54, 1.807) is 4.90 Å². The van der Waals surface area contributed by atoms with Crippen LogP contribution in [0, 0.1) is 11.8 Å². The summed E-state index contributed by atoms with van der Waals surface area (Å²) in [5.74, 6) is 2.02. The molecule has 150 valence electrons. The van der Waals surface area contributed by atoms with E-state index in [0.717, 1.165) is 25.1 Å². The second kappa shape index (κ2) is 7.30. The zero-order valence-electron chi connectivity index (χ0n) is 16.3. The van der Waals surface area contributed by atoms with Crippen LogP contribution in [0.3, 0.4) is 0 Å². The van der Waals surface area contributed by atoms with Gasteiger partial charge in [-0.25, -0.2) is 0 Å². The molecule has 0 bridgehead atoms. The van der Waals surface area contributed by atoms with Gasteiger partial charge in [-0.3, -0.25) is 9.59 Å². The van der Waals surface area contributed by atoms with Gasteiger partial charge in [0.15, 0.2) is 11.5 Å². The molecule has 2 unspecified atom stereocenters. The summed E-state index contributed by atoms with van der Waals surface area (Å²) in [7, 11) is 0. The molecule has 5 rings (SSSR count). The summed E-state index contributed by atoms with van der Waals surface area (Å²) in [4.78, 5) is 29.8. The van der Waals surface area contributed by atoms with Crippen LogP contribution in [0.2, 0.25) is 0 Å². The molecule has 3 aliphatic heterocycles. The van der Waals surface area contributed by atoms with Crippen LogP contribution >= 0.6 is 0 Å². The molecule has 0 spiro atoms. The number of rotatable bonds is 3. The maximum absolute atomic E-state index is 13.3. The molecule has 1 aromatic carbocycles. The molecule has 28 heavy (non-hydrogen) atoms. The largest absolute Gasteiger partial charge is 0.486 e. The van der Waals surface area contributed by atoms with Gasteiger partial charge in [-0.1, -0.05) is 12.8 Å². The molecule has 3 fully saturated rings. The maximum Gasteiger partial charge on any atom is 0.228 e. The summed E-state index contributed by atoms with van der Waals surface area (Å²) in [5, 5.41) is 0. The Morgan fingerprint density at radius 2 is 1.79 bits per heavy atom. The second-order valence-electron chi connectivity index (χ2n) is 8.52. The molecule has 0 aromatic heterocycles.